The van der Waals surface area contributed by atoms with Crippen LogP contribution in [-0.4, -0.2) is 32.2 Å². The number of rotatable bonds is 8. The molecule has 0 saturated heterocycles. The van der Waals surface area contributed by atoms with Gasteiger partial charge in [0.15, 0.2) is 11.5 Å². The van der Waals surface area contributed by atoms with Crippen LogP contribution in [0.5, 0.6) is 11.5 Å². The van der Waals surface area contributed by atoms with Gasteiger partial charge in [0.1, 0.15) is 5.70 Å². The molecule has 32 heavy (non-hydrogen) atoms. The van der Waals surface area contributed by atoms with Crippen molar-refractivity contribution in [2.45, 2.75) is 0 Å². The second-order valence-corrected chi connectivity index (χ2v) is 8.08. The number of hydrazone groups is 1. The van der Waals surface area contributed by atoms with Crippen LogP contribution in [0.4, 0.5) is 0 Å². The number of carbonyl (C=O) groups is 2. The normalized spacial score (nSPS) is 11.3. The van der Waals surface area contributed by atoms with Gasteiger partial charge in [-0.15, -0.1) is 11.3 Å². The van der Waals surface area contributed by atoms with E-state index in [0.717, 1.165) is 4.88 Å². The highest BCUT2D eigenvalue weighted by Gasteiger charge is 2.15. The van der Waals surface area contributed by atoms with Crippen LogP contribution in [-0.2, 0) is 4.79 Å². The maximum atomic E-state index is 12.8. The highest BCUT2D eigenvalue weighted by Crippen LogP contribution is 2.28. The smallest absolute Gasteiger partial charge is 0.287 e. The van der Waals surface area contributed by atoms with Crippen LogP contribution in [0.25, 0.3) is 6.08 Å². The third kappa shape index (κ3) is 6.19. The number of ether oxygens (including phenoxy) is 2. The summed E-state index contributed by atoms with van der Waals surface area (Å²) in [4.78, 5) is 26.2. The number of thiophene rings is 1. The predicted octanol–water partition coefficient (Wildman–Crippen LogP) is 4.34. The zero-order valence-electron chi connectivity index (χ0n) is 17.3. The highest BCUT2D eigenvalue weighted by molar-refractivity contribution is 7.17. The van der Waals surface area contributed by atoms with E-state index in [1.807, 2.05) is 0 Å². The van der Waals surface area contributed by atoms with Crippen molar-refractivity contribution in [3.05, 3.63) is 86.7 Å². The van der Waals surface area contributed by atoms with E-state index in [2.05, 4.69) is 15.8 Å². The molecule has 0 aliphatic carbocycles. The lowest BCUT2D eigenvalue weighted by Gasteiger charge is -2.11. The van der Waals surface area contributed by atoms with Crippen molar-refractivity contribution in [3.63, 3.8) is 0 Å². The standard InChI is InChI=1S/C23H20ClN3O4S/c1-30-19-10-8-15(13-20(19)31-2)12-18(26-22(28)16-6-4-3-5-7-16)23(29)27-25-14-17-9-11-21(24)32-17/h3-14H,1-2H3,(H,26,28)(H,27,29)/b18-12-,25-14?. The van der Waals surface area contributed by atoms with Crippen molar-refractivity contribution < 1.29 is 19.1 Å². The zero-order valence-corrected chi connectivity index (χ0v) is 18.9. The van der Waals surface area contributed by atoms with Gasteiger partial charge < -0.3 is 14.8 Å². The monoisotopic (exact) mass is 469 g/mol. The number of hydrogen-bond donors (Lipinski definition) is 2. The molecule has 0 saturated carbocycles. The number of nitrogens with one attached hydrogen (secondary N) is 2. The quantitative estimate of drug-likeness (QED) is 0.292. The lowest BCUT2D eigenvalue weighted by Crippen LogP contribution is -2.32. The summed E-state index contributed by atoms with van der Waals surface area (Å²) in [6, 6.07) is 17.2. The van der Waals surface area contributed by atoms with Crippen LogP contribution in [0.3, 0.4) is 0 Å². The van der Waals surface area contributed by atoms with Crippen LogP contribution >= 0.6 is 22.9 Å². The molecule has 0 spiro atoms. The Balaban J connectivity index is 1.86. The maximum absolute atomic E-state index is 12.8. The number of nitrogens with zero attached hydrogens (tertiary/aromatic N) is 1. The van der Waals surface area contributed by atoms with Gasteiger partial charge >= 0.3 is 0 Å². The minimum absolute atomic E-state index is 0.00688. The lowest BCUT2D eigenvalue weighted by atomic mass is 10.1. The van der Waals surface area contributed by atoms with E-state index in [-0.39, 0.29) is 5.70 Å². The fourth-order valence-electron chi connectivity index (χ4n) is 2.66. The average Bonchev–Trinajstić information content (AvgIpc) is 3.23. The van der Waals surface area contributed by atoms with Gasteiger partial charge in [-0.05, 0) is 48.0 Å². The number of benzene rings is 2. The zero-order chi connectivity index (χ0) is 22.9. The molecule has 3 rings (SSSR count). The molecule has 0 bridgehead atoms. The van der Waals surface area contributed by atoms with E-state index in [0.29, 0.717) is 27.0 Å². The third-order valence-corrected chi connectivity index (χ3v) is 5.36. The Morgan fingerprint density at radius 2 is 1.75 bits per heavy atom. The number of halogens is 1. The number of hydrogen-bond acceptors (Lipinski definition) is 6. The van der Waals surface area contributed by atoms with Crippen molar-refractivity contribution in [3.8, 4) is 11.5 Å². The van der Waals surface area contributed by atoms with E-state index in [4.69, 9.17) is 21.1 Å². The number of carbonyl (C=O) groups excluding carboxylic acids is 2. The molecule has 2 N–H and O–H groups in total. The van der Waals surface area contributed by atoms with Gasteiger partial charge in [-0.25, -0.2) is 5.43 Å². The topological polar surface area (TPSA) is 89.0 Å². The molecule has 0 radical (unpaired) electrons. The summed E-state index contributed by atoms with van der Waals surface area (Å²) >= 11 is 7.22. The molecule has 3 aromatic rings. The second kappa shape index (κ2) is 11.1. The van der Waals surface area contributed by atoms with Crippen LogP contribution in [0.15, 0.2) is 71.5 Å². The molecular weight excluding hydrogens is 450 g/mol. The van der Waals surface area contributed by atoms with Crippen LogP contribution < -0.4 is 20.2 Å². The Morgan fingerprint density at radius 1 is 1.00 bits per heavy atom. The average molecular weight is 470 g/mol. The van der Waals surface area contributed by atoms with E-state index in [9.17, 15) is 9.59 Å². The third-order valence-electron chi connectivity index (χ3n) is 4.20. The Bertz CT molecular complexity index is 1160. The molecule has 7 nitrogen and oxygen atoms in total. The van der Waals surface area contributed by atoms with Crippen molar-refractivity contribution >= 4 is 47.0 Å². The summed E-state index contributed by atoms with van der Waals surface area (Å²) in [7, 11) is 3.05. The molecule has 1 aromatic heterocycles. The summed E-state index contributed by atoms with van der Waals surface area (Å²) in [6.45, 7) is 0. The van der Waals surface area contributed by atoms with Gasteiger partial charge in [0.2, 0.25) is 0 Å². The van der Waals surface area contributed by atoms with Crippen molar-refractivity contribution in [1.82, 2.24) is 10.7 Å². The van der Waals surface area contributed by atoms with E-state index in [1.165, 1.54) is 37.8 Å². The first-order valence-electron chi connectivity index (χ1n) is 9.39. The summed E-state index contributed by atoms with van der Waals surface area (Å²) in [5.41, 5.74) is 3.46. The molecule has 0 aliphatic heterocycles. The first-order valence-corrected chi connectivity index (χ1v) is 10.6. The molecule has 2 amide bonds. The minimum Gasteiger partial charge on any atom is -0.493 e. The van der Waals surface area contributed by atoms with Gasteiger partial charge in [0, 0.05) is 10.4 Å². The van der Waals surface area contributed by atoms with Gasteiger partial charge in [-0.3, -0.25) is 9.59 Å². The lowest BCUT2D eigenvalue weighted by molar-refractivity contribution is -0.117. The molecule has 0 unspecified atom stereocenters. The Labute approximate surface area is 194 Å². The molecule has 0 fully saturated rings. The molecular formula is C23H20ClN3O4S. The van der Waals surface area contributed by atoms with Crippen molar-refractivity contribution in [2.75, 3.05) is 14.2 Å². The number of amides is 2. The predicted molar refractivity (Wildman–Crippen MR) is 126 cm³/mol. The number of methoxy groups -OCH3 is 2. The van der Waals surface area contributed by atoms with Crippen LogP contribution in [0.2, 0.25) is 4.34 Å². The van der Waals surface area contributed by atoms with Gasteiger partial charge in [-0.1, -0.05) is 35.9 Å². The largest absolute Gasteiger partial charge is 0.493 e. The Hall–Kier alpha value is -3.62. The summed E-state index contributed by atoms with van der Waals surface area (Å²) < 4.78 is 11.2. The SMILES string of the molecule is COc1ccc(/C=C(\NC(=O)c2ccccc2)C(=O)NN=Cc2ccc(Cl)s2)cc1OC. The highest BCUT2D eigenvalue weighted by atomic mass is 35.5. The summed E-state index contributed by atoms with van der Waals surface area (Å²) in [6.07, 6.45) is 3.00. The van der Waals surface area contributed by atoms with Gasteiger partial charge in [0.25, 0.3) is 11.8 Å². The minimum atomic E-state index is -0.594. The fourth-order valence-corrected chi connectivity index (χ4v) is 3.60. The molecule has 2 aromatic carbocycles. The Kier molecular flexibility index (Phi) is 8.02. The van der Waals surface area contributed by atoms with E-state index < -0.39 is 11.8 Å². The Morgan fingerprint density at radius 3 is 2.41 bits per heavy atom. The molecule has 1 heterocycles. The van der Waals surface area contributed by atoms with Crippen LogP contribution in [0, 0.1) is 0 Å². The van der Waals surface area contributed by atoms with Crippen LogP contribution in [0.1, 0.15) is 20.8 Å². The first kappa shape index (κ1) is 23.1. The summed E-state index contributed by atoms with van der Waals surface area (Å²) in [5.74, 6) is 0.00985. The van der Waals surface area contributed by atoms with E-state index in [1.54, 1.807) is 60.7 Å². The fraction of sp³-hybridized carbons (Fsp3) is 0.0870. The maximum Gasteiger partial charge on any atom is 0.287 e. The molecule has 9 heteroatoms. The van der Waals surface area contributed by atoms with Gasteiger partial charge in [0.05, 0.1) is 24.8 Å². The summed E-state index contributed by atoms with van der Waals surface area (Å²) in [5, 5.41) is 6.60. The molecule has 0 atom stereocenters. The molecule has 164 valence electrons. The first-order chi connectivity index (χ1) is 15.5. The van der Waals surface area contributed by atoms with Crippen molar-refractivity contribution in [2.24, 2.45) is 5.10 Å². The molecule has 0 aliphatic rings. The second-order valence-electron chi connectivity index (χ2n) is 6.33. The van der Waals surface area contributed by atoms with Crippen molar-refractivity contribution in [1.29, 1.82) is 0 Å². The van der Waals surface area contributed by atoms with Gasteiger partial charge in [-0.2, -0.15) is 5.10 Å². The van der Waals surface area contributed by atoms with E-state index >= 15 is 0 Å².